The summed E-state index contributed by atoms with van der Waals surface area (Å²) in [6.45, 7) is 4.29. The number of rotatable bonds is 4. The Labute approximate surface area is 114 Å². The molecule has 2 heteroatoms. The minimum Gasteiger partial charge on any atom is -0.261 e. The summed E-state index contributed by atoms with van der Waals surface area (Å²) in [5, 5.41) is -0.0314. The third kappa shape index (κ3) is 2.73. The van der Waals surface area contributed by atoms with Crippen LogP contribution in [0.5, 0.6) is 0 Å². The minimum atomic E-state index is -0.0314. The van der Waals surface area contributed by atoms with E-state index >= 15 is 0 Å². The summed E-state index contributed by atoms with van der Waals surface area (Å²) in [4.78, 5) is 4.40. The lowest BCUT2D eigenvalue weighted by atomic mass is 9.93. The van der Waals surface area contributed by atoms with Crippen LogP contribution >= 0.6 is 11.6 Å². The van der Waals surface area contributed by atoms with Gasteiger partial charge < -0.3 is 0 Å². The van der Waals surface area contributed by atoms with Crippen LogP contribution in [0.2, 0.25) is 0 Å². The van der Waals surface area contributed by atoms with Crippen LogP contribution in [-0.4, -0.2) is 4.98 Å². The van der Waals surface area contributed by atoms with E-state index in [1.165, 1.54) is 11.1 Å². The van der Waals surface area contributed by atoms with Crippen LogP contribution < -0.4 is 0 Å². The number of hydrogen-bond donors (Lipinski definition) is 0. The van der Waals surface area contributed by atoms with Crippen molar-refractivity contribution in [3.63, 3.8) is 0 Å². The quantitative estimate of drug-likeness (QED) is 0.724. The molecule has 1 aromatic carbocycles. The van der Waals surface area contributed by atoms with Gasteiger partial charge in [0.05, 0.1) is 5.38 Å². The van der Waals surface area contributed by atoms with Crippen LogP contribution in [0.1, 0.15) is 42.0 Å². The lowest BCUT2D eigenvalue weighted by molar-refractivity contribution is 0.701. The zero-order valence-corrected chi connectivity index (χ0v) is 11.6. The molecule has 94 valence electrons. The molecule has 0 aliphatic carbocycles. The van der Waals surface area contributed by atoms with Crippen molar-refractivity contribution in [2.75, 3.05) is 0 Å². The highest BCUT2D eigenvalue weighted by Crippen LogP contribution is 2.36. The van der Waals surface area contributed by atoms with Gasteiger partial charge in [0, 0.05) is 17.8 Å². The molecule has 1 nitrogen and oxygen atoms in total. The number of aryl methyl sites for hydroxylation is 1. The van der Waals surface area contributed by atoms with Gasteiger partial charge in [0.15, 0.2) is 0 Å². The summed E-state index contributed by atoms with van der Waals surface area (Å²) in [6, 6.07) is 14.4. The van der Waals surface area contributed by atoms with Crippen LogP contribution in [0.3, 0.4) is 0 Å². The fourth-order valence-corrected chi connectivity index (χ4v) is 2.53. The third-order valence-electron chi connectivity index (χ3n) is 3.33. The van der Waals surface area contributed by atoms with Crippen LogP contribution in [0, 0.1) is 0 Å². The van der Waals surface area contributed by atoms with Gasteiger partial charge in [-0.05, 0) is 29.7 Å². The first kappa shape index (κ1) is 13.1. The Balaban J connectivity index is 2.28. The maximum atomic E-state index is 6.64. The predicted octanol–water partition coefficient (Wildman–Crippen LogP) is 4.73. The smallest absolute Gasteiger partial charge is 0.0668 e. The molecule has 2 aromatic rings. The second kappa shape index (κ2) is 6.01. The van der Waals surface area contributed by atoms with Gasteiger partial charge in [-0.1, -0.05) is 44.2 Å². The van der Waals surface area contributed by atoms with E-state index in [0.717, 1.165) is 12.1 Å². The number of pyridine rings is 1. The summed E-state index contributed by atoms with van der Waals surface area (Å²) in [5.74, 6) is 0.209. The molecule has 1 aromatic heterocycles. The van der Waals surface area contributed by atoms with Crippen LogP contribution in [0.15, 0.2) is 48.7 Å². The van der Waals surface area contributed by atoms with E-state index in [2.05, 4.69) is 43.1 Å². The second-order valence-electron chi connectivity index (χ2n) is 4.50. The average molecular weight is 260 g/mol. The first-order chi connectivity index (χ1) is 8.74. The Bertz CT molecular complexity index is 495. The van der Waals surface area contributed by atoms with Crippen molar-refractivity contribution >= 4 is 11.6 Å². The van der Waals surface area contributed by atoms with Crippen molar-refractivity contribution in [1.82, 2.24) is 4.98 Å². The molecular formula is C16H18ClN. The summed E-state index contributed by atoms with van der Waals surface area (Å²) >= 11 is 6.64. The number of benzene rings is 1. The standard InChI is InChI=1S/C16H18ClN/c1-3-13-8-4-5-9-14(13)16(17)12(2)15-10-6-7-11-18-15/h4-12,16H,3H2,1-2H3. The summed E-state index contributed by atoms with van der Waals surface area (Å²) in [6.07, 6.45) is 2.83. The van der Waals surface area contributed by atoms with E-state index in [4.69, 9.17) is 11.6 Å². The van der Waals surface area contributed by atoms with Crippen LogP contribution in [0.4, 0.5) is 0 Å². The summed E-state index contributed by atoms with van der Waals surface area (Å²) in [7, 11) is 0. The van der Waals surface area contributed by atoms with Crippen molar-refractivity contribution in [2.45, 2.75) is 31.6 Å². The molecule has 0 saturated heterocycles. The average Bonchev–Trinajstić information content (AvgIpc) is 2.46. The lowest BCUT2D eigenvalue weighted by Gasteiger charge is -2.20. The molecule has 1 heterocycles. The predicted molar refractivity (Wildman–Crippen MR) is 77.1 cm³/mol. The molecule has 2 unspecified atom stereocenters. The van der Waals surface area contributed by atoms with Gasteiger partial charge in [0.2, 0.25) is 0 Å². The highest BCUT2D eigenvalue weighted by molar-refractivity contribution is 6.21. The largest absolute Gasteiger partial charge is 0.261 e. The van der Waals surface area contributed by atoms with E-state index in [9.17, 15) is 0 Å². The van der Waals surface area contributed by atoms with E-state index in [0.29, 0.717) is 0 Å². The number of alkyl halides is 1. The monoisotopic (exact) mass is 259 g/mol. The molecule has 0 spiro atoms. The minimum absolute atomic E-state index is 0.0314. The molecule has 0 N–H and O–H groups in total. The van der Waals surface area contributed by atoms with Crippen molar-refractivity contribution in [3.05, 3.63) is 65.5 Å². The fourth-order valence-electron chi connectivity index (χ4n) is 2.19. The molecule has 18 heavy (non-hydrogen) atoms. The first-order valence-electron chi connectivity index (χ1n) is 6.36. The van der Waals surface area contributed by atoms with E-state index in [1.54, 1.807) is 0 Å². The number of hydrogen-bond acceptors (Lipinski definition) is 1. The number of aromatic nitrogens is 1. The van der Waals surface area contributed by atoms with E-state index in [1.807, 2.05) is 24.4 Å². The Kier molecular flexibility index (Phi) is 4.38. The van der Waals surface area contributed by atoms with Gasteiger partial charge in [-0.25, -0.2) is 0 Å². The molecule has 0 aliphatic heterocycles. The molecule has 0 aliphatic rings. The van der Waals surface area contributed by atoms with Gasteiger partial charge in [-0.15, -0.1) is 11.6 Å². The SMILES string of the molecule is CCc1ccccc1C(Cl)C(C)c1ccccn1. The van der Waals surface area contributed by atoms with Crippen molar-refractivity contribution in [2.24, 2.45) is 0 Å². The van der Waals surface area contributed by atoms with Gasteiger partial charge in [-0.2, -0.15) is 0 Å². The topological polar surface area (TPSA) is 12.9 Å². The zero-order chi connectivity index (χ0) is 13.0. The normalized spacial score (nSPS) is 14.2. The Morgan fingerprint density at radius 2 is 1.83 bits per heavy atom. The maximum Gasteiger partial charge on any atom is 0.0668 e. The molecule has 0 amide bonds. The first-order valence-corrected chi connectivity index (χ1v) is 6.80. The molecular weight excluding hydrogens is 242 g/mol. The van der Waals surface area contributed by atoms with Crippen molar-refractivity contribution < 1.29 is 0 Å². The molecule has 0 radical (unpaired) electrons. The van der Waals surface area contributed by atoms with E-state index in [-0.39, 0.29) is 11.3 Å². The highest BCUT2D eigenvalue weighted by Gasteiger charge is 2.21. The molecule has 2 atom stereocenters. The Morgan fingerprint density at radius 1 is 1.11 bits per heavy atom. The summed E-state index contributed by atoms with van der Waals surface area (Å²) < 4.78 is 0. The van der Waals surface area contributed by atoms with Gasteiger partial charge in [0.25, 0.3) is 0 Å². The fraction of sp³-hybridized carbons (Fsp3) is 0.312. The van der Waals surface area contributed by atoms with Gasteiger partial charge in [0.1, 0.15) is 0 Å². The molecule has 0 fully saturated rings. The van der Waals surface area contributed by atoms with Crippen molar-refractivity contribution in [3.8, 4) is 0 Å². The summed E-state index contributed by atoms with van der Waals surface area (Å²) in [5.41, 5.74) is 3.59. The van der Waals surface area contributed by atoms with Gasteiger partial charge >= 0.3 is 0 Å². The van der Waals surface area contributed by atoms with Crippen LogP contribution in [-0.2, 0) is 6.42 Å². The second-order valence-corrected chi connectivity index (χ2v) is 4.97. The number of halogens is 1. The Hall–Kier alpha value is -1.34. The van der Waals surface area contributed by atoms with E-state index < -0.39 is 0 Å². The maximum absolute atomic E-state index is 6.64. The zero-order valence-electron chi connectivity index (χ0n) is 10.8. The molecule has 0 saturated carbocycles. The highest BCUT2D eigenvalue weighted by atomic mass is 35.5. The van der Waals surface area contributed by atoms with Crippen molar-refractivity contribution in [1.29, 1.82) is 0 Å². The molecule has 0 bridgehead atoms. The van der Waals surface area contributed by atoms with Gasteiger partial charge in [-0.3, -0.25) is 4.98 Å². The lowest BCUT2D eigenvalue weighted by Crippen LogP contribution is -2.06. The molecule has 2 rings (SSSR count). The number of nitrogens with zero attached hydrogens (tertiary/aromatic N) is 1. The third-order valence-corrected chi connectivity index (χ3v) is 3.94. The Morgan fingerprint density at radius 3 is 2.50 bits per heavy atom. The van der Waals surface area contributed by atoms with Crippen LogP contribution in [0.25, 0.3) is 0 Å².